The van der Waals surface area contributed by atoms with Gasteiger partial charge in [0.1, 0.15) is 12.1 Å². The van der Waals surface area contributed by atoms with Crippen LogP contribution < -0.4 is 10.7 Å². The number of fused-ring (bicyclic) bond motifs is 8. The number of hydrogen-bond acceptors (Lipinski definition) is 9. The third kappa shape index (κ3) is 6.33. The van der Waals surface area contributed by atoms with Crippen LogP contribution in [0.3, 0.4) is 0 Å². The van der Waals surface area contributed by atoms with Crippen LogP contribution in [0.5, 0.6) is 0 Å². The maximum absolute atomic E-state index is 15.6. The predicted octanol–water partition coefficient (Wildman–Crippen LogP) is 6.35. The standard InChI is InChI=1S/C41H48F2N6O5S/c1-8-48-30-12-11-23-15-26(30)27(34(48)24-10-9-13-44-32(24)22(3)53-7)17-39(4,5)20-54-38(52)33-35-40(6,41(35,42)43)19-49(47-33)37(51)28(16-31-45-29(23)18-55-31)46-36(50)25-14-21(25)2/h9-13,15,18,21-22,25,28,33,35,47H,8,14,16-17,19-20H2,1-7H3,(H,46,50). The number of nitrogens with zero attached hydrogens (tertiary/aromatic N) is 4. The molecule has 5 heterocycles. The maximum Gasteiger partial charge on any atom is 0.325 e. The van der Waals surface area contributed by atoms with Gasteiger partial charge in [-0.2, -0.15) is 0 Å². The minimum absolute atomic E-state index is 0.0552. The van der Waals surface area contributed by atoms with Crippen molar-refractivity contribution >= 4 is 40.0 Å². The van der Waals surface area contributed by atoms with Gasteiger partial charge in [0.25, 0.3) is 11.8 Å². The van der Waals surface area contributed by atoms with E-state index in [2.05, 4.69) is 40.4 Å². The van der Waals surface area contributed by atoms with Crippen molar-refractivity contribution in [3.8, 4) is 22.5 Å². The van der Waals surface area contributed by atoms with Gasteiger partial charge in [-0.1, -0.05) is 33.8 Å². The number of ether oxygens (including phenoxy) is 2. The smallest absolute Gasteiger partial charge is 0.325 e. The number of nitrogens with one attached hydrogen (secondary N) is 2. The number of halogens is 2. The van der Waals surface area contributed by atoms with Crippen LogP contribution in [0.25, 0.3) is 33.4 Å². The first-order valence-electron chi connectivity index (χ1n) is 19.1. The molecule has 0 spiro atoms. The van der Waals surface area contributed by atoms with Crippen LogP contribution >= 0.6 is 11.3 Å². The molecule has 11 nitrogen and oxygen atoms in total. The Bertz CT molecular complexity index is 2200. The number of hydrazine groups is 1. The Labute approximate surface area is 323 Å². The summed E-state index contributed by atoms with van der Waals surface area (Å²) in [7, 11) is 1.66. The summed E-state index contributed by atoms with van der Waals surface area (Å²) in [5.41, 5.74) is 6.88. The Hall–Kier alpha value is -4.27. The van der Waals surface area contributed by atoms with Crippen molar-refractivity contribution in [1.82, 2.24) is 30.3 Å². The summed E-state index contributed by atoms with van der Waals surface area (Å²) in [6.45, 7) is 11.7. The second-order valence-electron chi connectivity index (χ2n) is 16.8. The predicted molar refractivity (Wildman–Crippen MR) is 204 cm³/mol. The van der Waals surface area contributed by atoms with Crippen molar-refractivity contribution in [2.75, 3.05) is 20.3 Å². The Balaban J connectivity index is 1.27. The van der Waals surface area contributed by atoms with Crippen LogP contribution in [0, 0.1) is 28.6 Å². The van der Waals surface area contributed by atoms with E-state index in [9.17, 15) is 14.4 Å². The highest BCUT2D eigenvalue weighted by atomic mass is 32.1. The van der Waals surface area contributed by atoms with E-state index in [1.165, 1.54) is 18.3 Å². The molecule has 1 aromatic carbocycles. The lowest BCUT2D eigenvalue weighted by Crippen LogP contribution is -2.62. The van der Waals surface area contributed by atoms with Gasteiger partial charge in [0.05, 0.1) is 46.1 Å². The number of pyridine rings is 1. The molecule has 2 amide bonds. The molecule has 8 rings (SSSR count). The lowest BCUT2D eigenvalue weighted by Gasteiger charge is -2.37. The molecule has 3 fully saturated rings. The molecule has 7 atom stereocenters. The molecular weight excluding hydrogens is 727 g/mol. The number of benzene rings is 1. The molecule has 0 radical (unpaired) electrons. The van der Waals surface area contributed by atoms with Gasteiger partial charge in [0.15, 0.2) is 0 Å². The van der Waals surface area contributed by atoms with Gasteiger partial charge in [-0.3, -0.25) is 24.4 Å². The molecule has 1 saturated heterocycles. The van der Waals surface area contributed by atoms with E-state index < -0.39 is 46.6 Å². The zero-order chi connectivity index (χ0) is 39.2. The van der Waals surface area contributed by atoms with Gasteiger partial charge in [-0.05, 0) is 62.4 Å². The zero-order valence-corrected chi connectivity index (χ0v) is 33.1. The average Bonchev–Trinajstić information content (AvgIpc) is 3.81. The van der Waals surface area contributed by atoms with Crippen LogP contribution in [0.1, 0.15) is 70.3 Å². The molecule has 2 aliphatic carbocycles. The first-order chi connectivity index (χ1) is 26.1. The molecule has 7 unspecified atom stereocenters. The zero-order valence-electron chi connectivity index (χ0n) is 32.2. The third-order valence-electron chi connectivity index (χ3n) is 12.3. The maximum atomic E-state index is 15.6. The van der Waals surface area contributed by atoms with Gasteiger partial charge in [-0.15, -0.1) is 11.3 Å². The minimum atomic E-state index is -3.21. The second kappa shape index (κ2) is 13.4. The van der Waals surface area contributed by atoms with Crippen LogP contribution in [-0.2, 0) is 43.2 Å². The fraction of sp³-hybridized carbons (Fsp3) is 0.537. The van der Waals surface area contributed by atoms with Crippen LogP contribution in [0.4, 0.5) is 8.78 Å². The van der Waals surface area contributed by atoms with Gasteiger partial charge < -0.3 is 19.4 Å². The highest BCUT2D eigenvalue weighted by Gasteiger charge is 2.83. The molecule has 2 aliphatic heterocycles. The fourth-order valence-electron chi connectivity index (χ4n) is 8.75. The van der Waals surface area contributed by atoms with Crippen molar-refractivity contribution in [1.29, 1.82) is 0 Å². The molecule has 2 N–H and O–H groups in total. The Morgan fingerprint density at radius 1 is 1.22 bits per heavy atom. The summed E-state index contributed by atoms with van der Waals surface area (Å²) in [4.78, 5) is 51.2. The van der Waals surface area contributed by atoms with Crippen molar-refractivity contribution in [3.05, 3.63) is 58.2 Å². The Morgan fingerprint density at radius 3 is 2.69 bits per heavy atom. The van der Waals surface area contributed by atoms with E-state index in [1.807, 2.05) is 45.2 Å². The quantitative estimate of drug-likeness (QED) is 0.217. The van der Waals surface area contributed by atoms with Crippen molar-refractivity contribution < 1.29 is 32.6 Å². The largest absolute Gasteiger partial charge is 0.464 e. The summed E-state index contributed by atoms with van der Waals surface area (Å²) < 4.78 is 45.2. The summed E-state index contributed by atoms with van der Waals surface area (Å²) >= 11 is 1.37. The number of carbonyl (C=O) groups excluding carboxylic acids is 3. The number of methoxy groups -OCH3 is 1. The minimum Gasteiger partial charge on any atom is -0.464 e. The number of aryl methyl sites for hydroxylation is 1. The number of amides is 2. The molecule has 292 valence electrons. The Morgan fingerprint density at radius 2 is 1.98 bits per heavy atom. The average molecular weight is 775 g/mol. The van der Waals surface area contributed by atoms with E-state index in [0.29, 0.717) is 24.4 Å². The molecule has 2 saturated carbocycles. The molecule has 4 aromatic rings. The molecule has 14 heteroatoms. The van der Waals surface area contributed by atoms with E-state index >= 15 is 8.78 Å². The number of cyclic esters (lactones) is 1. The summed E-state index contributed by atoms with van der Waals surface area (Å²) in [5, 5.41) is 7.55. The number of esters is 1. The number of carbonyl (C=O) groups is 3. The van der Waals surface area contributed by atoms with E-state index in [4.69, 9.17) is 19.4 Å². The van der Waals surface area contributed by atoms with Crippen LogP contribution in [0.15, 0.2) is 41.9 Å². The highest BCUT2D eigenvalue weighted by molar-refractivity contribution is 7.10. The van der Waals surface area contributed by atoms with Gasteiger partial charge in [-0.25, -0.2) is 19.2 Å². The molecule has 3 aromatic heterocycles. The third-order valence-corrected chi connectivity index (χ3v) is 13.1. The number of alkyl halides is 2. The van der Waals surface area contributed by atoms with Gasteiger partial charge >= 0.3 is 5.97 Å². The monoisotopic (exact) mass is 774 g/mol. The number of rotatable bonds is 6. The van der Waals surface area contributed by atoms with E-state index in [-0.39, 0.29) is 43.4 Å². The topological polar surface area (TPSA) is 128 Å². The van der Waals surface area contributed by atoms with Crippen molar-refractivity contribution in [2.24, 2.45) is 28.6 Å². The first kappa shape index (κ1) is 37.6. The fourth-order valence-corrected chi connectivity index (χ4v) is 9.60. The molecular formula is C41H48F2N6O5S. The number of thiazole rings is 1. The van der Waals surface area contributed by atoms with Gasteiger partial charge in [0.2, 0.25) is 5.91 Å². The number of aromatic nitrogens is 3. The second-order valence-corrected chi connectivity index (χ2v) is 17.8. The lowest BCUT2D eigenvalue weighted by molar-refractivity contribution is -0.157. The Kier molecular flexibility index (Phi) is 9.20. The normalized spacial score (nSPS) is 28.9. The van der Waals surface area contributed by atoms with E-state index in [1.54, 1.807) is 13.3 Å². The van der Waals surface area contributed by atoms with E-state index in [0.717, 1.165) is 49.7 Å². The summed E-state index contributed by atoms with van der Waals surface area (Å²) in [5.74, 6) is -6.30. The summed E-state index contributed by atoms with van der Waals surface area (Å²) in [6.07, 6.45) is 2.71. The summed E-state index contributed by atoms with van der Waals surface area (Å²) in [6, 6.07) is 7.67. The van der Waals surface area contributed by atoms with Crippen LogP contribution in [-0.4, -0.2) is 75.6 Å². The highest BCUT2D eigenvalue weighted by Crippen LogP contribution is 2.68. The lowest BCUT2D eigenvalue weighted by atomic mass is 9.84. The first-order valence-corrected chi connectivity index (χ1v) is 20.0. The molecule has 6 bridgehead atoms. The van der Waals surface area contributed by atoms with Crippen molar-refractivity contribution in [3.63, 3.8) is 0 Å². The SMILES string of the molecule is CCn1c(-c2cccnc2C(C)OC)c2c3cc(ccc31)-c1csc(n1)CC(NC(=O)C1CC1C)C(=O)N1CC3(C)C(C(N1)C(=O)OCC(C)(C)C2)C3(F)F. The van der Waals surface area contributed by atoms with Crippen molar-refractivity contribution in [2.45, 2.75) is 91.5 Å². The molecule has 55 heavy (non-hydrogen) atoms. The van der Waals surface area contributed by atoms with Crippen LogP contribution in [0.2, 0.25) is 0 Å². The number of hydrogen-bond donors (Lipinski definition) is 2. The van der Waals surface area contributed by atoms with Gasteiger partial charge in [0, 0.05) is 71.6 Å². The molecule has 4 aliphatic rings.